The van der Waals surface area contributed by atoms with E-state index < -0.39 is 0 Å². The fourth-order valence-corrected chi connectivity index (χ4v) is 1.65. The summed E-state index contributed by atoms with van der Waals surface area (Å²) in [5.74, 6) is 1.89. The molecule has 0 aromatic carbocycles. The Balaban J connectivity index is 2.53. The van der Waals surface area contributed by atoms with Crippen molar-refractivity contribution < 1.29 is 9.52 Å². The van der Waals surface area contributed by atoms with E-state index >= 15 is 0 Å². The lowest BCUT2D eigenvalue weighted by Gasteiger charge is -2.15. The summed E-state index contributed by atoms with van der Waals surface area (Å²) < 4.78 is 5.47. The second-order valence-electron chi connectivity index (χ2n) is 4.06. The lowest BCUT2D eigenvalue weighted by molar-refractivity contribution is 0.163. The first-order chi connectivity index (χ1) is 7.04. The van der Waals surface area contributed by atoms with Crippen LogP contribution < -0.4 is 5.32 Å². The lowest BCUT2D eigenvalue weighted by atomic mass is 10.1. The van der Waals surface area contributed by atoms with Gasteiger partial charge in [0.1, 0.15) is 11.5 Å². The van der Waals surface area contributed by atoms with Crippen LogP contribution in [0.2, 0.25) is 0 Å². The zero-order chi connectivity index (χ0) is 11.4. The average Bonchev–Trinajstić information content (AvgIpc) is 2.53. The smallest absolute Gasteiger partial charge is 0.105 e. The maximum Gasteiger partial charge on any atom is 0.105 e. The van der Waals surface area contributed by atoms with E-state index in [0.29, 0.717) is 6.54 Å². The first kappa shape index (κ1) is 12.3. The Labute approximate surface area is 91.5 Å². The summed E-state index contributed by atoms with van der Waals surface area (Å²) in [5, 5.41) is 12.7. The van der Waals surface area contributed by atoms with Crippen LogP contribution in [0.25, 0.3) is 0 Å². The predicted octanol–water partition coefficient (Wildman–Crippen LogP) is 2.32. The molecule has 0 saturated carbocycles. The number of aryl methyl sites for hydroxylation is 2. The maximum atomic E-state index is 9.44. The van der Waals surface area contributed by atoms with Gasteiger partial charge in [0.15, 0.2) is 0 Å². The number of nitrogens with one attached hydrogen (secondary N) is 1. The van der Waals surface area contributed by atoms with Crippen LogP contribution >= 0.6 is 0 Å². The maximum absolute atomic E-state index is 9.44. The van der Waals surface area contributed by atoms with Gasteiger partial charge in [-0.2, -0.15) is 0 Å². The average molecular weight is 211 g/mol. The van der Waals surface area contributed by atoms with Crippen molar-refractivity contribution in [3.63, 3.8) is 0 Å². The van der Waals surface area contributed by atoms with Crippen molar-refractivity contribution in [1.29, 1.82) is 0 Å². The molecule has 86 valence electrons. The van der Waals surface area contributed by atoms with E-state index in [-0.39, 0.29) is 12.1 Å². The summed E-state index contributed by atoms with van der Waals surface area (Å²) in [4.78, 5) is 0. The molecule has 0 aliphatic rings. The minimum Gasteiger partial charge on any atom is -0.466 e. The zero-order valence-corrected chi connectivity index (χ0v) is 10.0. The molecule has 15 heavy (non-hydrogen) atoms. The third-order valence-electron chi connectivity index (χ3n) is 2.68. The van der Waals surface area contributed by atoms with Crippen LogP contribution in [0.1, 0.15) is 43.4 Å². The molecule has 1 aromatic rings. The van der Waals surface area contributed by atoms with E-state index in [1.54, 1.807) is 0 Å². The van der Waals surface area contributed by atoms with Gasteiger partial charge in [-0.25, -0.2) is 0 Å². The van der Waals surface area contributed by atoms with E-state index in [1.807, 2.05) is 26.8 Å². The van der Waals surface area contributed by atoms with Gasteiger partial charge < -0.3 is 14.8 Å². The van der Waals surface area contributed by atoms with Crippen LogP contribution in [0, 0.1) is 13.8 Å². The number of aliphatic hydroxyl groups excluding tert-OH is 1. The fraction of sp³-hybridized carbons (Fsp3) is 0.667. The Morgan fingerprint density at radius 2 is 2.13 bits per heavy atom. The van der Waals surface area contributed by atoms with E-state index in [2.05, 4.69) is 12.2 Å². The Bertz CT molecular complexity index is 307. The molecule has 0 spiro atoms. The first-order valence-corrected chi connectivity index (χ1v) is 5.53. The topological polar surface area (TPSA) is 45.4 Å². The molecule has 2 N–H and O–H groups in total. The minimum atomic E-state index is -0.263. The van der Waals surface area contributed by atoms with Gasteiger partial charge in [0.2, 0.25) is 0 Å². The Morgan fingerprint density at radius 3 is 2.60 bits per heavy atom. The molecular weight excluding hydrogens is 190 g/mol. The summed E-state index contributed by atoms with van der Waals surface area (Å²) in [6.07, 6.45) is 0.518. The van der Waals surface area contributed by atoms with E-state index in [1.165, 1.54) is 5.56 Å². The number of hydrogen-bond acceptors (Lipinski definition) is 3. The molecular formula is C12H21NO2. The molecule has 2 atom stereocenters. The molecule has 0 bridgehead atoms. The van der Waals surface area contributed by atoms with Gasteiger partial charge in [-0.3, -0.25) is 0 Å². The third-order valence-corrected chi connectivity index (χ3v) is 2.68. The van der Waals surface area contributed by atoms with Gasteiger partial charge in [0.05, 0.1) is 6.10 Å². The molecule has 1 aromatic heterocycles. The van der Waals surface area contributed by atoms with E-state index in [4.69, 9.17) is 4.42 Å². The number of aliphatic hydroxyl groups is 1. The van der Waals surface area contributed by atoms with Crippen molar-refractivity contribution >= 4 is 0 Å². The highest BCUT2D eigenvalue weighted by molar-refractivity contribution is 5.23. The van der Waals surface area contributed by atoms with Crippen LogP contribution in [0.4, 0.5) is 0 Å². The summed E-state index contributed by atoms with van der Waals surface area (Å²) in [6, 6.07) is 2.27. The van der Waals surface area contributed by atoms with Crippen molar-refractivity contribution in [3.8, 4) is 0 Å². The molecule has 0 unspecified atom stereocenters. The highest BCUT2D eigenvalue weighted by Gasteiger charge is 2.12. The van der Waals surface area contributed by atoms with Crippen LogP contribution in [0.15, 0.2) is 10.5 Å². The third kappa shape index (κ3) is 3.36. The fourth-order valence-electron chi connectivity index (χ4n) is 1.65. The van der Waals surface area contributed by atoms with Crippen LogP contribution in [-0.2, 0) is 0 Å². The Hall–Kier alpha value is -0.800. The molecule has 0 fully saturated rings. The summed E-state index contributed by atoms with van der Waals surface area (Å²) in [7, 11) is 0. The van der Waals surface area contributed by atoms with Crippen molar-refractivity contribution in [3.05, 3.63) is 23.2 Å². The highest BCUT2D eigenvalue weighted by atomic mass is 16.3. The van der Waals surface area contributed by atoms with Gasteiger partial charge in [0.25, 0.3) is 0 Å². The monoisotopic (exact) mass is 211 g/mol. The van der Waals surface area contributed by atoms with Crippen molar-refractivity contribution in [2.75, 3.05) is 6.54 Å². The second-order valence-corrected chi connectivity index (χ2v) is 4.06. The standard InChI is InChI=1S/C12H21NO2/c1-5-11(14)7-13-9(3)12-6-8(2)15-10(12)4/h6,9,11,13-14H,5,7H2,1-4H3/t9-,11+/m0/s1. The molecule has 3 nitrogen and oxygen atoms in total. The van der Waals surface area contributed by atoms with Crippen LogP contribution in [0.3, 0.4) is 0 Å². The Morgan fingerprint density at radius 1 is 1.47 bits per heavy atom. The van der Waals surface area contributed by atoms with E-state index in [0.717, 1.165) is 17.9 Å². The normalized spacial score (nSPS) is 15.3. The molecule has 3 heteroatoms. The van der Waals surface area contributed by atoms with E-state index in [9.17, 15) is 5.11 Å². The highest BCUT2D eigenvalue weighted by Crippen LogP contribution is 2.20. The van der Waals surface area contributed by atoms with Crippen molar-refractivity contribution in [2.45, 2.75) is 46.3 Å². The lowest BCUT2D eigenvalue weighted by Crippen LogP contribution is -2.28. The van der Waals surface area contributed by atoms with Gasteiger partial charge in [0, 0.05) is 18.2 Å². The SMILES string of the molecule is CC[C@@H](O)CN[C@@H](C)c1cc(C)oc1C. The van der Waals surface area contributed by atoms with Gasteiger partial charge in [-0.05, 0) is 33.3 Å². The first-order valence-electron chi connectivity index (χ1n) is 5.53. The molecule has 0 aliphatic heterocycles. The molecule has 1 heterocycles. The summed E-state index contributed by atoms with van der Waals surface area (Å²) in [5.41, 5.74) is 1.18. The zero-order valence-electron chi connectivity index (χ0n) is 10.0. The molecule has 0 amide bonds. The van der Waals surface area contributed by atoms with Crippen molar-refractivity contribution in [2.24, 2.45) is 0 Å². The number of hydrogen-bond donors (Lipinski definition) is 2. The molecule has 0 saturated heterocycles. The number of rotatable bonds is 5. The van der Waals surface area contributed by atoms with Crippen LogP contribution in [0.5, 0.6) is 0 Å². The Kier molecular flexibility index (Phi) is 4.36. The molecule has 0 aliphatic carbocycles. The molecule has 0 radical (unpaired) electrons. The summed E-state index contributed by atoms with van der Waals surface area (Å²) >= 11 is 0. The number of furan rings is 1. The minimum absolute atomic E-state index is 0.226. The second kappa shape index (κ2) is 5.33. The quantitative estimate of drug-likeness (QED) is 0.785. The summed E-state index contributed by atoms with van der Waals surface area (Å²) in [6.45, 7) is 8.60. The molecule has 1 rings (SSSR count). The predicted molar refractivity (Wildman–Crippen MR) is 60.9 cm³/mol. The van der Waals surface area contributed by atoms with Gasteiger partial charge in [-0.1, -0.05) is 6.92 Å². The van der Waals surface area contributed by atoms with Crippen molar-refractivity contribution in [1.82, 2.24) is 5.32 Å². The van der Waals surface area contributed by atoms with Gasteiger partial charge >= 0.3 is 0 Å². The van der Waals surface area contributed by atoms with Crippen LogP contribution in [-0.4, -0.2) is 17.8 Å². The largest absolute Gasteiger partial charge is 0.466 e. The van der Waals surface area contributed by atoms with Gasteiger partial charge in [-0.15, -0.1) is 0 Å².